The number of rotatable bonds is 11. The van der Waals surface area contributed by atoms with Crippen LogP contribution >= 0.6 is 0 Å². The molecule has 0 amide bonds. The molecule has 0 aliphatic carbocycles. The van der Waals surface area contributed by atoms with Crippen molar-refractivity contribution >= 4 is 14.1 Å². The minimum absolute atomic E-state index is 0.292. The van der Waals surface area contributed by atoms with Gasteiger partial charge >= 0.3 is 0 Å². The van der Waals surface area contributed by atoms with Crippen LogP contribution in [0.15, 0.2) is 47.1 Å². The molecule has 1 rings (SSSR count). The van der Waals surface area contributed by atoms with Crippen molar-refractivity contribution in [3.8, 4) is 11.5 Å². The zero-order valence-corrected chi connectivity index (χ0v) is 22.3. The number of benzene rings is 1. The molecule has 0 radical (unpaired) electrons. The van der Waals surface area contributed by atoms with E-state index in [-0.39, 0.29) is 0 Å². The summed E-state index contributed by atoms with van der Waals surface area (Å²) in [6, 6.07) is 10.5. The highest BCUT2D eigenvalue weighted by Crippen LogP contribution is 2.41. The Morgan fingerprint density at radius 3 is 1.97 bits per heavy atom. The van der Waals surface area contributed by atoms with Gasteiger partial charge in [0.15, 0.2) is 0 Å². The van der Waals surface area contributed by atoms with E-state index in [0.29, 0.717) is 30.0 Å². The van der Waals surface area contributed by atoms with Crippen molar-refractivity contribution in [3.05, 3.63) is 52.6 Å². The minimum Gasteiger partial charge on any atom is -0.359 e. The number of allylic oxidation sites excluding steroid dienone is 1. The summed E-state index contributed by atoms with van der Waals surface area (Å²) in [4.78, 5) is 0. The lowest BCUT2D eigenvalue weighted by Crippen LogP contribution is -2.43. The first kappa shape index (κ1) is 27.4. The molecular formula is C28H44O2Si. The third-order valence-corrected chi connectivity index (χ3v) is 12.6. The van der Waals surface area contributed by atoms with Gasteiger partial charge in [0.1, 0.15) is 14.9 Å². The van der Waals surface area contributed by atoms with Crippen LogP contribution in [0.2, 0.25) is 16.6 Å². The lowest BCUT2D eigenvalue weighted by molar-refractivity contribution is -0.0205. The Morgan fingerprint density at radius 1 is 0.935 bits per heavy atom. The topological polar surface area (TPSA) is 18.5 Å². The Balaban J connectivity index is 3.58. The Bertz CT molecular complexity index is 754. The van der Waals surface area contributed by atoms with Crippen molar-refractivity contribution in [2.75, 3.05) is 20.5 Å². The molecule has 0 saturated heterocycles. The van der Waals surface area contributed by atoms with Crippen LogP contribution < -0.4 is 0 Å². The predicted octanol–water partition coefficient (Wildman–Crippen LogP) is 8.03. The minimum atomic E-state index is -1.77. The first-order valence-corrected chi connectivity index (χ1v) is 14.0. The smallest absolute Gasteiger partial charge is 0.146 e. The van der Waals surface area contributed by atoms with Crippen LogP contribution in [-0.2, 0) is 9.47 Å². The summed E-state index contributed by atoms with van der Waals surface area (Å²) in [5.41, 5.74) is 10.8. The molecule has 0 atom stereocenters. The van der Waals surface area contributed by atoms with Gasteiger partial charge in [-0.05, 0) is 52.3 Å². The molecule has 0 aromatic heterocycles. The first-order chi connectivity index (χ1) is 14.7. The van der Waals surface area contributed by atoms with E-state index < -0.39 is 8.07 Å². The quantitative estimate of drug-likeness (QED) is 0.114. The maximum atomic E-state index is 5.79. The fourth-order valence-electron chi connectivity index (χ4n) is 4.83. The molecule has 0 aliphatic heterocycles. The largest absolute Gasteiger partial charge is 0.359 e. The highest BCUT2D eigenvalue weighted by molar-refractivity contribution is 6.90. The van der Waals surface area contributed by atoms with Crippen LogP contribution in [0, 0.1) is 11.5 Å². The second kappa shape index (κ2) is 13.7. The molecule has 0 N–H and O–H groups in total. The van der Waals surface area contributed by atoms with E-state index in [9.17, 15) is 0 Å². The molecule has 0 aliphatic rings. The Morgan fingerprint density at radius 2 is 1.52 bits per heavy atom. The van der Waals surface area contributed by atoms with Crippen LogP contribution in [0.3, 0.4) is 0 Å². The third kappa shape index (κ3) is 7.49. The monoisotopic (exact) mass is 440 g/mol. The predicted molar refractivity (Wildman–Crippen MR) is 139 cm³/mol. The zero-order chi connectivity index (χ0) is 23.4. The molecule has 1 aromatic rings. The zero-order valence-electron chi connectivity index (χ0n) is 21.3. The van der Waals surface area contributed by atoms with Crippen LogP contribution in [0.5, 0.6) is 0 Å². The van der Waals surface area contributed by atoms with E-state index in [0.717, 1.165) is 12.8 Å². The summed E-state index contributed by atoms with van der Waals surface area (Å²) in [6.07, 6.45) is 4.11. The van der Waals surface area contributed by atoms with Crippen LogP contribution in [0.25, 0.3) is 6.08 Å². The van der Waals surface area contributed by atoms with Gasteiger partial charge in [0.2, 0.25) is 0 Å². The number of hydrogen-bond acceptors (Lipinski definition) is 2. The number of ether oxygens (including phenoxy) is 2. The van der Waals surface area contributed by atoms with Crippen LogP contribution in [0.4, 0.5) is 0 Å². The number of hydrogen-bond donors (Lipinski definition) is 0. The summed E-state index contributed by atoms with van der Waals surface area (Å²) >= 11 is 0. The van der Waals surface area contributed by atoms with Gasteiger partial charge in [-0.15, -0.1) is 5.54 Å². The normalized spacial score (nSPS) is 13.5. The van der Waals surface area contributed by atoms with Crippen molar-refractivity contribution in [1.82, 2.24) is 0 Å². The van der Waals surface area contributed by atoms with E-state index in [4.69, 9.17) is 9.47 Å². The van der Waals surface area contributed by atoms with E-state index in [1.165, 1.54) is 22.3 Å². The molecule has 0 unspecified atom stereocenters. The van der Waals surface area contributed by atoms with Crippen molar-refractivity contribution in [2.24, 2.45) is 0 Å². The lowest BCUT2D eigenvalue weighted by atomic mass is 9.95. The molecule has 1 aromatic carbocycles. The Labute approximate surface area is 193 Å². The van der Waals surface area contributed by atoms with Gasteiger partial charge in [-0.1, -0.05) is 91.6 Å². The summed E-state index contributed by atoms with van der Waals surface area (Å²) in [5, 5.41) is 0. The molecule has 0 spiro atoms. The molecular weight excluding hydrogens is 396 g/mol. The van der Waals surface area contributed by atoms with Crippen molar-refractivity contribution in [2.45, 2.75) is 84.9 Å². The fourth-order valence-corrected chi connectivity index (χ4v) is 10.1. The van der Waals surface area contributed by atoms with E-state index in [1.54, 1.807) is 7.11 Å². The van der Waals surface area contributed by atoms with Gasteiger partial charge in [-0.2, -0.15) is 0 Å². The molecule has 0 bridgehead atoms. The molecule has 172 valence electrons. The SMILES string of the molecule is CC/C(C#C[Si](C(C)C)(C(C)C)C(C)C)=C(CC)/C(=C/c1ccccc1)COCOC. The van der Waals surface area contributed by atoms with Crippen molar-refractivity contribution < 1.29 is 9.47 Å². The van der Waals surface area contributed by atoms with E-state index >= 15 is 0 Å². The fraction of sp³-hybridized carbons (Fsp3) is 0.571. The van der Waals surface area contributed by atoms with Gasteiger partial charge < -0.3 is 9.47 Å². The maximum Gasteiger partial charge on any atom is 0.146 e. The highest BCUT2D eigenvalue weighted by Gasteiger charge is 2.41. The van der Waals surface area contributed by atoms with Gasteiger partial charge in [-0.3, -0.25) is 0 Å². The summed E-state index contributed by atoms with van der Waals surface area (Å²) < 4.78 is 10.9. The second-order valence-electron chi connectivity index (χ2n) is 9.15. The Hall–Kier alpha value is -1.60. The third-order valence-electron chi connectivity index (χ3n) is 6.35. The van der Waals surface area contributed by atoms with Gasteiger partial charge in [0.05, 0.1) is 6.61 Å². The van der Waals surface area contributed by atoms with Crippen LogP contribution in [-0.4, -0.2) is 28.6 Å². The Kier molecular flexibility index (Phi) is 12.2. The van der Waals surface area contributed by atoms with Crippen molar-refractivity contribution in [1.29, 1.82) is 0 Å². The standard InChI is InChI=1S/C28H44O2Si/c1-10-26(17-18-31(22(3)4,23(5)6)24(7)8)28(11-2)27(20-30-21-29-9)19-25-15-13-12-14-16-25/h12-16,19,22-24H,10-11,20-21H2,1-9H3/b27-19+,28-26-. The van der Waals surface area contributed by atoms with Gasteiger partial charge in [0, 0.05) is 12.7 Å². The molecule has 2 nitrogen and oxygen atoms in total. The molecule has 0 fully saturated rings. The van der Waals surface area contributed by atoms with Crippen LogP contribution in [0.1, 0.15) is 73.8 Å². The van der Waals surface area contributed by atoms with E-state index in [1.807, 2.05) is 6.07 Å². The van der Waals surface area contributed by atoms with Crippen molar-refractivity contribution in [3.63, 3.8) is 0 Å². The lowest BCUT2D eigenvalue weighted by Gasteiger charge is -2.38. The molecule has 0 saturated carbocycles. The van der Waals surface area contributed by atoms with Gasteiger partial charge in [-0.25, -0.2) is 0 Å². The average molecular weight is 441 g/mol. The summed E-state index contributed by atoms with van der Waals surface area (Å²) in [6.45, 7) is 19.5. The maximum absolute atomic E-state index is 5.79. The second-order valence-corrected chi connectivity index (χ2v) is 14.7. The molecule has 3 heteroatoms. The van der Waals surface area contributed by atoms with Gasteiger partial charge in [0.25, 0.3) is 0 Å². The summed E-state index contributed by atoms with van der Waals surface area (Å²) in [7, 11) is -0.111. The summed E-state index contributed by atoms with van der Waals surface area (Å²) in [5.74, 6) is 3.73. The molecule has 31 heavy (non-hydrogen) atoms. The highest BCUT2D eigenvalue weighted by atomic mass is 28.3. The number of methoxy groups -OCH3 is 1. The first-order valence-electron chi connectivity index (χ1n) is 11.8. The molecule has 0 heterocycles. The van der Waals surface area contributed by atoms with E-state index in [2.05, 4.69) is 97.2 Å². The average Bonchev–Trinajstić information content (AvgIpc) is 2.73.